The quantitative estimate of drug-likeness (QED) is 0.303. The second-order valence-corrected chi connectivity index (χ2v) is 8.20. The van der Waals surface area contributed by atoms with Gasteiger partial charge in [0.25, 0.3) is 5.56 Å². The van der Waals surface area contributed by atoms with Crippen molar-refractivity contribution in [2.75, 3.05) is 30.1 Å². The molecule has 0 fully saturated rings. The van der Waals surface area contributed by atoms with Crippen molar-refractivity contribution in [1.82, 2.24) is 9.55 Å². The molecule has 4 aromatic rings. The average Bonchev–Trinajstić information content (AvgIpc) is 2.74. The van der Waals surface area contributed by atoms with E-state index in [2.05, 4.69) is 10.3 Å². The normalized spacial score (nSPS) is 11.0. The topological polar surface area (TPSA) is 67.2 Å². The van der Waals surface area contributed by atoms with Gasteiger partial charge in [0.05, 0.1) is 16.7 Å². The molecule has 1 heterocycles. The lowest BCUT2D eigenvalue weighted by Gasteiger charge is -2.13. The van der Waals surface area contributed by atoms with Gasteiger partial charge in [-0.15, -0.1) is 0 Å². The minimum Gasteiger partial charge on any atom is -0.378 e. The number of amides is 1. The molecule has 0 aliphatic carbocycles. The highest BCUT2D eigenvalue weighted by atomic mass is 32.2. The Bertz CT molecular complexity index is 1300. The molecule has 0 aliphatic heterocycles. The van der Waals surface area contributed by atoms with E-state index < -0.39 is 0 Å². The lowest BCUT2D eigenvalue weighted by molar-refractivity contribution is -0.113. The second-order valence-electron chi connectivity index (χ2n) is 7.25. The highest BCUT2D eigenvalue weighted by Crippen LogP contribution is 2.22. The maximum Gasteiger partial charge on any atom is 0.261 e. The molecule has 152 valence electrons. The Labute approximate surface area is 178 Å². The zero-order chi connectivity index (χ0) is 21.3. The first kappa shape index (κ1) is 20.0. The molecule has 0 aliphatic rings. The predicted molar refractivity (Wildman–Crippen MR) is 125 cm³/mol. The number of hydrogen-bond donors (Lipinski definition) is 1. The van der Waals surface area contributed by atoms with Crippen molar-refractivity contribution in [2.24, 2.45) is 7.05 Å². The van der Waals surface area contributed by atoms with E-state index in [1.807, 2.05) is 79.7 Å². The fourth-order valence-electron chi connectivity index (χ4n) is 3.24. The van der Waals surface area contributed by atoms with Crippen LogP contribution in [0.1, 0.15) is 0 Å². The molecule has 0 atom stereocenters. The summed E-state index contributed by atoms with van der Waals surface area (Å²) in [4.78, 5) is 31.8. The van der Waals surface area contributed by atoms with E-state index in [4.69, 9.17) is 0 Å². The van der Waals surface area contributed by atoms with Gasteiger partial charge in [-0.25, -0.2) is 4.98 Å². The number of carbonyl (C=O) groups is 1. The Morgan fingerprint density at radius 1 is 1.07 bits per heavy atom. The first-order valence-corrected chi connectivity index (χ1v) is 10.5. The van der Waals surface area contributed by atoms with Crippen molar-refractivity contribution in [3.63, 3.8) is 0 Å². The maximum atomic E-state index is 12.8. The molecule has 30 heavy (non-hydrogen) atoms. The van der Waals surface area contributed by atoms with Gasteiger partial charge in [0, 0.05) is 32.5 Å². The van der Waals surface area contributed by atoms with Crippen molar-refractivity contribution in [2.45, 2.75) is 5.16 Å². The van der Waals surface area contributed by atoms with E-state index in [1.54, 1.807) is 7.05 Å². The maximum absolute atomic E-state index is 12.8. The first-order valence-electron chi connectivity index (χ1n) is 9.52. The predicted octanol–water partition coefficient (Wildman–Crippen LogP) is 3.88. The number of nitrogens with zero attached hydrogens (tertiary/aromatic N) is 3. The largest absolute Gasteiger partial charge is 0.378 e. The lowest BCUT2D eigenvalue weighted by Crippen LogP contribution is -2.21. The van der Waals surface area contributed by atoms with Crippen LogP contribution < -0.4 is 15.8 Å². The van der Waals surface area contributed by atoms with Gasteiger partial charge in [0.2, 0.25) is 5.91 Å². The Hall–Kier alpha value is -3.32. The summed E-state index contributed by atoms with van der Waals surface area (Å²) in [5.41, 5.74) is 2.32. The monoisotopic (exact) mass is 418 g/mol. The zero-order valence-corrected chi connectivity index (χ0v) is 17.9. The number of aromatic nitrogens is 2. The van der Waals surface area contributed by atoms with Gasteiger partial charge in [-0.1, -0.05) is 36.0 Å². The molecule has 1 amide bonds. The number of fused-ring (bicyclic) bond motifs is 2. The van der Waals surface area contributed by atoms with Crippen molar-refractivity contribution in [1.29, 1.82) is 0 Å². The Morgan fingerprint density at radius 2 is 1.73 bits per heavy atom. The van der Waals surface area contributed by atoms with Crippen molar-refractivity contribution >= 4 is 50.7 Å². The van der Waals surface area contributed by atoms with Gasteiger partial charge in [-0.05, 0) is 47.2 Å². The molecular weight excluding hydrogens is 396 g/mol. The van der Waals surface area contributed by atoms with Gasteiger partial charge in [-0.3, -0.25) is 14.2 Å². The van der Waals surface area contributed by atoms with E-state index >= 15 is 0 Å². The number of hydrogen-bond acceptors (Lipinski definition) is 5. The number of rotatable bonds is 5. The van der Waals surface area contributed by atoms with Gasteiger partial charge in [-0.2, -0.15) is 0 Å². The summed E-state index contributed by atoms with van der Waals surface area (Å²) >= 11 is 1.25. The zero-order valence-electron chi connectivity index (χ0n) is 17.0. The van der Waals surface area contributed by atoms with Crippen LogP contribution in [0.3, 0.4) is 0 Å². The van der Waals surface area contributed by atoms with E-state index in [0.717, 1.165) is 22.1 Å². The van der Waals surface area contributed by atoms with Crippen LogP contribution in [-0.2, 0) is 11.8 Å². The molecule has 0 spiro atoms. The molecule has 0 radical (unpaired) electrons. The molecule has 7 heteroatoms. The molecule has 0 saturated heterocycles. The molecule has 6 nitrogen and oxygen atoms in total. The lowest BCUT2D eigenvalue weighted by atomic mass is 10.1. The van der Waals surface area contributed by atoms with Gasteiger partial charge in [0.1, 0.15) is 0 Å². The third kappa shape index (κ3) is 4.02. The van der Waals surface area contributed by atoms with Crippen molar-refractivity contribution in [3.05, 3.63) is 71.0 Å². The number of thioether (sulfide) groups is 1. The highest BCUT2D eigenvalue weighted by molar-refractivity contribution is 7.99. The number of benzene rings is 3. The fraction of sp³-hybridized carbons (Fsp3) is 0.174. The molecule has 1 aromatic heterocycles. The van der Waals surface area contributed by atoms with Crippen molar-refractivity contribution < 1.29 is 4.79 Å². The van der Waals surface area contributed by atoms with Crippen LogP contribution in [0.25, 0.3) is 21.7 Å². The summed E-state index contributed by atoms with van der Waals surface area (Å²) in [6, 6.07) is 19.3. The summed E-state index contributed by atoms with van der Waals surface area (Å²) in [5.74, 6) is 0.0138. The van der Waals surface area contributed by atoms with Crippen LogP contribution in [0.15, 0.2) is 70.6 Å². The molecule has 0 unspecified atom stereocenters. The Balaban J connectivity index is 1.53. The highest BCUT2D eigenvalue weighted by Gasteiger charge is 2.12. The standard InChI is InChI=1S/C23H22N4O2S/c1-26(2)18-10-8-17(9-11-18)24-21(28)14-30-23-25-20-13-16-7-5-4-6-15(16)12-19(20)22(29)27(23)3/h4-13H,14H2,1-3H3,(H,24,28). The number of nitrogens with one attached hydrogen (secondary N) is 1. The summed E-state index contributed by atoms with van der Waals surface area (Å²) in [7, 11) is 5.62. The van der Waals surface area contributed by atoms with Crippen LogP contribution in [0, 0.1) is 0 Å². The van der Waals surface area contributed by atoms with Crippen molar-refractivity contribution in [3.8, 4) is 0 Å². The van der Waals surface area contributed by atoms with Crippen LogP contribution in [-0.4, -0.2) is 35.3 Å². The van der Waals surface area contributed by atoms with Crippen LogP contribution in [0.5, 0.6) is 0 Å². The first-order chi connectivity index (χ1) is 14.4. The van der Waals surface area contributed by atoms with E-state index in [9.17, 15) is 9.59 Å². The van der Waals surface area contributed by atoms with E-state index in [-0.39, 0.29) is 17.2 Å². The molecule has 1 N–H and O–H groups in total. The average molecular weight is 419 g/mol. The smallest absolute Gasteiger partial charge is 0.261 e. The molecule has 0 saturated carbocycles. The van der Waals surface area contributed by atoms with Crippen LogP contribution in [0.2, 0.25) is 0 Å². The Morgan fingerprint density at radius 3 is 2.40 bits per heavy atom. The third-order valence-electron chi connectivity index (χ3n) is 4.90. The van der Waals surface area contributed by atoms with E-state index in [1.165, 1.54) is 16.3 Å². The molecule has 4 rings (SSSR count). The Kier molecular flexibility index (Phi) is 5.46. The molecule has 3 aromatic carbocycles. The SMILES string of the molecule is CN(C)c1ccc(NC(=O)CSc2nc3cc4ccccc4cc3c(=O)n2C)cc1. The van der Waals surface area contributed by atoms with E-state index in [0.29, 0.717) is 16.1 Å². The summed E-state index contributed by atoms with van der Waals surface area (Å²) in [5, 5.41) is 6.00. The fourth-order valence-corrected chi connectivity index (χ4v) is 4.01. The van der Waals surface area contributed by atoms with Crippen LogP contribution >= 0.6 is 11.8 Å². The van der Waals surface area contributed by atoms with Gasteiger partial charge < -0.3 is 10.2 Å². The number of carbonyl (C=O) groups excluding carboxylic acids is 1. The second kappa shape index (κ2) is 8.20. The van der Waals surface area contributed by atoms with Gasteiger partial charge in [0.15, 0.2) is 5.16 Å². The minimum absolute atomic E-state index is 0.118. The summed E-state index contributed by atoms with van der Waals surface area (Å²) in [6.45, 7) is 0. The number of anilines is 2. The minimum atomic E-state index is -0.148. The third-order valence-corrected chi connectivity index (χ3v) is 5.93. The van der Waals surface area contributed by atoms with Gasteiger partial charge >= 0.3 is 0 Å². The summed E-state index contributed by atoms with van der Waals surface area (Å²) in [6.07, 6.45) is 0. The van der Waals surface area contributed by atoms with Crippen LogP contribution in [0.4, 0.5) is 11.4 Å². The summed E-state index contributed by atoms with van der Waals surface area (Å²) < 4.78 is 1.50. The molecule has 0 bridgehead atoms. The molecular formula is C23H22N4O2S.